The van der Waals surface area contributed by atoms with Gasteiger partial charge in [-0.25, -0.2) is 9.97 Å². The van der Waals surface area contributed by atoms with Crippen LogP contribution in [-0.4, -0.2) is 44.3 Å². The Kier molecular flexibility index (Phi) is 5.97. The van der Waals surface area contributed by atoms with E-state index in [9.17, 15) is 4.79 Å². The molecule has 34 heavy (non-hydrogen) atoms. The van der Waals surface area contributed by atoms with E-state index in [1.165, 1.54) is 5.56 Å². The highest BCUT2D eigenvalue weighted by atomic mass is 16.5. The van der Waals surface area contributed by atoms with E-state index in [-0.39, 0.29) is 11.6 Å². The maximum absolute atomic E-state index is 13.0. The van der Waals surface area contributed by atoms with Gasteiger partial charge in [-0.1, -0.05) is 30.3 Å². The van der Waals surface area contributed by atoms with Crippen LogP contribution in [0.3, 0.4) is 0 Å². The summed E-state index contributed by atoms with van der Waals surface area (Å²) in [7, 11) is 1.68. The number of nitrogens with zero attached hydrogens (tertiary/aromatic N) is 3. The van der Waals surface area contributed by atoms with Gasteiger partial charge in [0.05, 0.1) is 35.7 Å². The maximum atomic E-state index is 13.0. The molecular weight excluding hydrogens is 428 g/mol. The zero-order valence-electron chi connectivity index (χ0n) is 19.1. The van der Waals surface area contributed by atoms with Crippen molar-refractivity contribution in [3.63, 3.8) is 0 Å². The van der Waals surface area contributed by atoms with Crippen molar-refractivity contribution in [1.82, 2.24) is 24.5 Å². The van der Waals surface area contributed by atoms with E-state index in [0.717, 1.165) is 28.7 Å². The number of imidazole rings is 2. The van der Waals surface area contributed by atoms with E-state index < -0.39 is 0 Å². The number of methoxy groups -OCH3 is 1. The van der Waals surface area contributed by atoms with Gasteiger partial charge in [0.25, 0.3) is 5.56 Å². The van der Waals surface area contributed by atoms with Crippen LogP contribution in [0.4, 0.5) is 5.69 Å². The molecular formula is C26H26N6O2. The molecule has 0 radical (unpaired) electrons. The number of fused-ring (bicyclic) bond motifs is 1. The average Bonchev–Trinajstić information content (AvgIpc) is 3.50. The van der Waals surface area contributed by atoms with Crippen LogP contribution >= 0.6 is 0 Å². The first-order valence-corrected chi connectivity index (χ1v) is 11.1. The summed E-state index contributed by atoms with van der Waals surface area (Å²) in [5.41, 5.74) is 5.80. The molecule has 0 saturated carbocycles. The molecule has 0 aliphatic carbocycles. The molecule has 5 aromatic rings. The molecule has 0 bridgehead atoms. The van der Waals surface area contributed by atoms with Gasteiger partial charge in [-0.2, -0.15) is 0 Å². The Bertz CT molecular complexity index is 1450. The molecule has 5 rings (SSSR count). The van der Waals surface area contributed by atoms with E-state index in [0.29, 0.717) is 23.7 Å². The predicted molar refractivity (Wildman–Crippen MR) is 133 cm³/mol. The number of hydrogen-bond acceptors (Lipinski definition) is 5. The number of benzene rings is 2. The third-order valence-electron chi connectivity index (χ3n) is 5.81. The van der Waals surface area contributed by atoms with E-state index in [1.54, 1.807) is 25.8 Å². The van der Waals surface area contributed by atoms with Gasteiger partial charge >= 0.3 is 0 Å². The quantitative estimate of drug-likeness (QED) is 0.328. The second-order valence-corrected chi connectivity index (χ2v) is 8.30. The van der Waals surface area contributed by atoms with Crippen molar-refractivity contribution in [2.45, 2.75) is 19.4 Å². The van der Waals surface area contributed by atoms with Gasteiger partial charge in [0, 0.05) is 31.4 Å². The number of aromatic nitrogens is 5. The van der Waals surface area contributed by atoms with Gasteiger partial charge in [0.2, 0.25) is 0 Å². The van der Waals surface area contributed by atoms with Crippen LogP contribution in [0.2, 0.25) is 0 Å². The number of aromatic amines is 2. The molecule has 8 nitrogen and oxygen atoms in total. The lowest BCUT2D eigenvalue weighted by Crippen LogP contribution is -2.28. The Morgan fingerprint density at radius 1 is 1.18 bits per heavy atom. The molecule has 0 saturated heterocycles. The highest BCUT2D eigenvalue weighted by molar-refractivity contribution is 5.86. The molecule has 0 aliphatic rings. The standard InChI is InChI=1S/C26H26N6O2/c1-17-12-20(32-11-10-27-16-32)14-22-24(17)31-25(30-22)23-21(8-9-28-26(23)33)29-19(15-34-2)13-18-6-4-3-5-7-18/h3-12,14,16,19H,13,15H2,1-2H3,(H,30,31)(H2,28,29,33)/t19-/m0/s1. The smallest absolute Gasteiger partial charge is 0.261 e. The summed E-state index contributed by atoms with van der Waals surface area (Å²) in [6.45, 7) is 2.50. The topological polar surface area (TPSA) is 101 Å². The number of rotatable bonds is 8. The van der Waals surface area contributed by atoms with Crippen LogP contribution in [-0.2, 0) is 11.2 Å². The minimum atomic E-state index is -0.215. The van der Waals surface area contributed by atoms with Gasteiger partial charge in [0.15, 0.2) is 0 Å². The first kappa shape index (κ1) is 21.7. The molecule has 1 atom stereocenters. The van der Waals surface area contributed by atoms with Gasteiger partial charge in [-0.05, 0) is 42.7 Å². The minimum absolute atomic E-state index is 0.0214. The highest BCUT2D eigenvalue weighted by Gasteiger charge is 2.18. The molecule has 2 aromatic carbocycles. The van der Waals surface area contributed by atoms with Gasteiger partial charge in [0.1, 0.15) is 11.4 Å². The molecule has 172 valence electrons. The van der Waals surface area contributed by atoms with E-state index in [2.05, 4.69) is 38.5 Å². The Balaban J connectivity index is 1.53. The number of hydrogen-bond donors (Lipinski definition) is 3. The summed E-state index contributed by atoms with van der Waals surface area (Å²) in [6, 6.07) is 16.1. The zero-order chi connectivity index (χ0) is 23.5. The van der Waals surface area contributed by atoms with Crippen molar-refractivity contribution >= 4 is 16.7 Å². The fourth-order valence-electron chi connectivity index (χ4n) is 4.26. The number of nitrogens with one attached hydrogen (secondary N) is 3. The van der Waals surface area contributed by atoms with Crippen molar-refractivity contribution < 1.29 is 4.74 Å². The molecule has 3 heterocycles. The third-order valence-corrected chi connectivity index (χ3v) is 5.81. The Morgan fingerprint density at radius 2 is 2.03 bits per heavy atom. The summed E-state index contributed by atoms with van der Waals surface area (Å²) in [4.78, 5) is 28.0. The fourth-order valence-corrected chi connectivity index (χ4v) is 4.26. The summed E-state index contributed by atoms with van der Waals surface area (Å²) in [6.07, 6.45) is 7.79. The third kappa shape index (κ3) is 4.35. The summed E-state index contributed by atoms with van der Waals surface area (Å²) < 4.78 is 7.40. The molecule has 0 amide bonds. The number of ether oxygens (including phenoxy) is 1. The monoisotopic (exact) mass is 454 g/mol. The van der Waals surface area contributed by atoms with Crippen molar-refractivity contribution in [1.29, 1.82) is 0 Å². The SMILES string of the molecule is COC[C@H](Cc1ccccc1)Nc1cc[nH]c(=O)c1-c1nc2c(C)cc(-n3ccnc3)cc2[nH]1. The van der Waals surface area contributed by atoms with Crippen LogP contribution in [0.1, 0.15) is 11.1 Å². The van der Waals surface area contributed by atoms with Crippen molar-refractivity contribution in [3.05, 3.63) is 94.9 Å². The van der Waals surface area contributed by atoms with Crippen molar-refractivity contribution in [3.8, 4) is 17.1 Å². The maximum Gasteiger partial charge on any atom is 0.261 e. The van der Waals surface area contributed by atoms with Gasteiger partial charge < -0.3 is 24.6 Å². The second kappa shape index (κ2) is 9.36. The Labute approximate surface area is 196 Å². The van der Waals surface area contributed by atoms with E-state index >= 15 is 0 Å². The van der Waals surface area contributed by atoms with Crippen molar-refractivity contribution in [2.24, 2.45) is 0 Å². The predicted octanol–water partition coefficient (Wildman–Crippen LogP) is 4.08. The highest BCUT2D eigenvalue weighted by Crippen LogP contribution is 2.28. The normalized spacial score (nSPS) is 12.2. The minimum Gasteiger partial charge on any atom is -0.383 e. The zero-order valence-corrected chi connectivity index (χ0v) is 19.1. The number of pyridine rings is 1. The van der Waals surface area contributed by atoms with Crippen LogP contribution in [0.5, 0.6) is 0 Å². The Morgan fingerprint density at radius 3 is 2.79 bits per heavy atom. The molecule has 3 N–H and O–H groups in total. The summed E-state index contributed by atoms with van der Waals surface area (Å²) in [5.74, 6) is 0.515. The van der Waals surface area contributed by atoms with Crippen LogP contribution < -0.4 is 10.9 Å². The van der Waals surface area contributed by atoms with Crippen LogP contribution in [0.25, 0.3) is 28.1 Å². The first-order chi connectivity index (χ1) is 16.6. The molecule has 0 fully saturated rings. The van der Waals surface area contributed by atoms with Gasteiger partial charge in [-0.3, -0.25) is 4.79 Å². The van der Waals surface area contributed by atoms with Crippen molar-refractivity contribution in [2.75, 3.05) is 19.0 Å². The molecule has 3 aromatic heterocycles. The second-order valence-electron chi connectivity index (χ2n) is 8.30. The lowest BCUT2D eigenvalue weighted by atomic mass is 10.1. The Hall–Kier alpha value is -4.17. The van der Waals surface area contributed by atoms with Crippen LogP contribution in [0.15, 0.2) is 78.2 Å². The lowest BCUT2D eigenvalue weighted by Gasteiger charge is -2.20. The molecule has 0 aliphatic heterocycles. The lowest BCUT2D eigenvalue weighted by molar-refractivity contribution is 0.185. The largest absolute Gasteiger partial charge is 0.383 e. The van der Waals surface area contributed by atoms with Gasteiger partial charge in [-0.15, -0.1) is 0 Å². The number of anilines is 1. The van der Waals surface area contributed by atoms with E-state index in [1.807, 2.05) is 48.0 Å². The fraction of sp³-hybridized carbons (Fsp3) is 0.192. The molecule has 0 spiro atoms. The molecule has 8 heteroatoms. The first-order valence-electron chi connectivity index (χ1n) is 11.1. The summed E-state index contributed by atoms with van der Waals surface area (Å²) in [5, 5.41) is 3.51. The molecule has 0 unspecified atom stereocenters. The van der Waals surface area contributed by atoms with E-state index in [4.69, 9.17) is 9.72 Å². The van der Waals surface area contributed by atoms with Crippen LogP contribution in [0, 0.1) is 6.92 Å². The number of aryl methyl sites for hydroxylation is 1. The summed E-state index contributed by atoms with van der Waals surface area (Å²) >= 11 is 0. The average molecular weight is 455 g/mol. The number of H-pyrrole nitrogens is 2.